The molecular weight excluding hydrogens is 354 g/mol. The maximum absolute atomic E-state index is 12.6. The Bertz CT molecular complexity index is 791. The maximum Gasteiger partial charge on any atom is 0.335 e. The fourth-order valence-electron chi connectivity index (χ4n) is 3.10. The van der Waals surface area contributed by atoms with E-state index in [1.54, 1.807) is 29.2 Å². The number of morpholine rings is 1. The van der Waals surface area contributed by atoms with Crippen molar-refractivity contribution in [1.29, 1.82) is 0 Å². The molecule has 2 aromatic rings. The number of benzene rings is 2. The smallest absolute Gasteiger partial charge is 0.335 e. The molecule has 1 N–H and O–H groups in total. The Labute approximate surface area is 157 Å². The van der Waals surface area contributed by atoms with Crippen LogP contribution < -0.4 is 0 Å². The summed E-state index contributed by atoms with van der Waals surface area (Å²) in [5, 5.41) is 9.90. The van der Waals surface area contributed by atoms with Crippen LogP contribution in [0.3, 0.4) is 0 Å². The van der Waals surface area contributed by atoms with Gasteiger partial charge < -0.3 is 14.7 Å². The Morgan fingerprint density at radius 1 is 1.15 bits per heavy atom. The predicted octanol–water partition coefficient (Wildman–Crippen LogP) is 3.57. The van der Waals surface area contributed by atoms with Crippen LogP contribution in [0.5, 0.6) is 0 Å². The van der Waals surface area contributed by atoms with E-state index in [1.165, 1.54) is 0 Å². The Hall–Kier alpha value is -2.37. The lowest BCUT2D eigenvalue weighted by Crippen LogP contribution is -2.42. The van der Waals surface area contributed by atoms with Gasteiger partial charge in [0.05, 0.1) is 18.7 Å². The van der Waals surface area contributed by atoms with Crippen molar-refractivity contribution in [3.63, 3.8) is 0 Å². The molecule has 1 amide bonds. The Morgan fingerprint density at radius 3 is 2.62 bits per heavy atom. The molecule has 5 nitrogen and oxygen atoms in total. The van der Waals surface area contributed by atoms with Crippen molar-refractivity contribution >= 4 is 23.5 Å². The molecule has 1 heterocycles. The summed E-state index contributed by atoms with van der Waals surface area (Å²) < 4.78 is 5.78. The van der Waals surface area contributed by atoms with E-state index in [2.05, 4.69) is 0 Å². The average molecular weight is 374 g/mol. The molecule has 136 valence electrons. The van der Waals surface area contributed by atoms with Gasteiger partial charge in [-0.3, -0.25) is 4.79 Å². The molecule has 1 unspecified atom stereocenters. The second-order valence-corrected chi connectivity index (χ2v) is 6.65. The molecule has 1 saturated heterocycles. The summed E-state index contributed by atoms with van der Waals surface area (Å²) in [5.41, 5.74) is 1.92. The summed E-state index contributed by atoms with van der Waals surface area (Å²) in [6.07, 6.45) is 0.512. The molecule has 0 bridgehead atoms. The molecule has 0 aromatic heterocycles. The highest BCUT2D eigenvalue weighted by molar-refractivity contribution is 6.30. The fourth-order valence-corrected chi connectivity index (χ4v) is 3.23. The Balaban J connectivity index is 1.61. The summed E-state index contributed by atoms with van der Waals surface area (Å²) in [5.74, 6) is -0.963. The van der Waals surface area contributed by atoms with E-state index in [4.69, 9.17) is 16.3 Å². The first kappa shape index (κ1) is 18.4. The minimum Gasteiger partial charge on any atom is -0.478 e. The van der Waals surface area contributed by atoms with Gasteiger partial charge in [-0.15, -0.1) is 0 Å². The number of rotatable bonds is 5. The summed E-state index contributed by atoms with van der Waals surface area (Å²) in [4.78, 5) is 25.6. The third kappa shape index (κ3) is 4.42. The number of amides is 1. The number of halogens is 1. The third-order valence-electron chi connectivity index (χ3n) is 4.52. The minimum absolute atomic E-state index is 0.00690. The molecule has 0 aliphatic carbocycles. The zero-order chi connectivity index (χ0) is 18.5. The molecule has 6 heteroatoms. The van der Waals surface area contributed by atoms with Gasteiger partial charge in [0.15, 0.2) is 0 Å². The van der Waals surface area contributed by atoms with Crippen LogP contribution >= 0.6 is 11.6 Å². The van der Waals surface area contributed by atoms with Gasteiger partial charge in [-0.1, -0.05) is 41.9 Å². The summed E-state index contributed by atoms with van der Waals surface area (Å²) in [7, 11) is 0. The van der Waals surface area contributed by atoms with Crippen LogP contribution in [0, 0.1) is 0 Å². The maximum atomic E-state index is 12.6. The van der Waals surface area contributed by atoms with Gasteiger partial charge in [-0.25, -0.2) is 4.79 Å². The largest absolute Gasteiger partial charge is 0.478 e. The molecule has 1 fully saturated rings. The van der Waals surface area contributed by atoms with Gasteiger partial charge in [0.25, 0.3) is 0 Å². The standard InChI is InChI=1S/C20H20ClNO4/c21-16-8-5-15(6-9-16)18-13-22(11-12-26-18)19(23)10-7-14-3-1-2-4-17(14)20(24)25/h1-6,8-9,18H,7,10-13H2,(H,24,25). The Morgan fingerprint density at radius 2 is 1.88 bits per heavy atom. The van der Waals surface area contributed by atoms with E-state index in [1.807, 2.05) is 24.3 Å². The zero-order valence-electron chi connectivity index (χ0n) is 14.2. The number of carboxylic acids is 1. The summed E-state index contributed by atoms with van der Waals surface area (Å²) in [6.45, 7) is 1.51. The lowest BCUT2D eigenvalue weighted by atomic mass is 10.0. The number of nitrogens with zero attached hydrogens (tertiary/aromatic N) is 1. The van der Waals surface area contributed by atoms with Crippen molar-refractivity contribution in [3.8, 4) is 0 Å². The van der Waals surface area contributed by atoms with Crippen molar-refractivity contribution in [3.05, 3.63) is 70.2 Å². The van der Waals surface area contributed by atoms with Gasteiger partial charge in [-0.05, 0) is 35.7 Å². The van der Waals surface area contributed by atoms with Crippen molar-refractivity contribution in [1.82, 2.24) is 4.90 Å². The zero-order valence-corrected chi connectivity index (χ0v) is 15.0. The van der Waals surface area contributed by atoms with Crippen LogP contribution in [0.25, 0.3) is 0 Å². The number of ether oxygens (including phenoxy) is 1. The van der Waals surface area contributed by atoms with Gasteiger partial charge in [0.2, 0.25) is 5.91 Å². The first-order chi connectivity index (χ1) is 12.5. The fraction of sp³-hybridized carbons (Fsp3) is 0.300. The molecule has 0 saturated carbocycles. The van der Waals surface area contributed by atoms with E-state index in [0.717, 1.165) is 5.56 Å². The first-order valence-electron chi connectivity index (χ1n) is 8.50. The molecule has 1 aliphatic rings. The number of aromatic carboxylic acids is 1. The normalized spacial score (nSPS) is 17.1. The van der Waals surface area contributed by atoms with Gasteiger partial charge in [0.1, 0.15) is 6.10 Å². The quantitative estimate of drug-likeness (QED) is 0.870. The lowest BCUT2D eigenvalue weighted by Gasteiger charge is -2.33. The third-order valence-corrected chi connectivity index (χ3v) is 4.77. The SMILES string of the molecule is O=C(O)c1ccccc1CCC(=O)N1CCOC(c2ccc(Cl)cc2)C1. The van der Waals surface area contributed by atoms with Gasteiger partial charge in [-0.2, -0.15) is 0 Å². The highest BCUT2D eigenvalue weighted by Gasteiger charge is 2.25. The van der Waals surface area contributed by atoms with E-state index in [-0.39, 0.29) is 24.0 Å². The van der Waals surface area contributed by atoms with Crippen molar-refractivity contribution in [2.45, 2.75) is 18.9 Å². The van der Waals surface area contributed by atoms with Crippen molar-refractivity contribution < 1.29 is 19.4 Å². The minimum atomic E-state index is -0.970. The highest BCUT2D eigenvalue weighted by Crippen LogP contribution is 2.24. The first-order valence-corrected chi connectivity index (χ1v) is 8.88. The molecule has 3 rings (SSSR count). The van der Waals surface area contributed by atoms with Crippen LogP contribution in [0.2, 0.25) is 5.02 Å². The highest BCUT2D eigenvalue weighted by atomic mass is 35.5. The van der Waals surface area contributed by atoms with E-state index in [0.29, 0.717) is 36.7 Å². The number of hydrogen-bond donors (Lipinski definition) is 1. The van der Waals surface area contributed by atoms with Crippen LogP contribution in [0.4, 0.5) is 0 Å². The molecule has 1 aliphatic heterocycles. The van der Waals surface area contributed by atoms with E-state index in [9.17, 15) is 14.7 Å². The van der Waals surface area contributed by atoms with Crippen LogP contribution in [0.1, 0.15) is 34.0 Å². The summed E-state index contributed by atoms with van der Waals surface area (Å²) >= 11 is 5.92. The van der Waals surface area contributed by atoms with Crippen LogP contribution in [-0.4, -0.2) is 41.6 Å². The lowest BCUT2D eigenvalue weighted by molar-refractivity contribution is -0.139. The van der Waals surface area contributed by atoms with Gasteiger partial charge >= 0.3 is 5.97 Å². The molecule has 2 aromatic carbocycles. The average Bonchev–Trinajstić information content (AvgIpc) is 2.67. The predicted molar refractivity (Wildman–Crippen MR) is 98.4 cm³/mol. The van der Waals surface area contributed by atoms with Crippen molar-refractivity contribution in [2.24, 2.45) is 0 Å². The number of carboxylic acid groups (broad SMARTS) is 1. The molecule has 0 spiro atoms. The van der Waals surface area contributed by atoms with Gasteiger partial charge in [0, 0.05) is 18.0 Å². The number of carbonyl (C=O) groups excluding carboxylic acids is 1. The second kappa shape index (κ2) is 8.34. The molecule has 26 heavy (non-hydrogen) atoms. The van der Waals surface area contributed by atoms with Crippen molar-refractivity contribution in [2.75, 3.05) is 19.7 Å². The van der Waals surface area contributed by atoms with Crippen LogP contribution in [0.15, 0.2) is 48.5 Å². The van der Waals surface area contributed by atoms with E-state index < -0.39 is 5.97 Å². The number of aryl methyl sites for hydroxylation is 1. The number of carbonyl (C=O) groups is 2. The Kier molecular flexibility index (Phi) is 5.91. The van der Waals surface area contributed by atoms with E-state index >= 15 is 0 Å². The molecular formula is C20H20ClNO4. The monoisotopic (exact) mass is 373 g/mol. The molecule has 1 atom stereocenters. The molecule has 0 radical (unpaired) electrons. The second-order valence-electron chi connectivity index (χ2n) is 6.21. The van der Waals surface area contributed by atoms with Crippen LogP contribution in [-0.2, 0) is 16.0 Å². The summed E-state index contributed by atoms with van der Waals surface area (Å²) in [6, 6.07) is 14.2. The number of hydrogen-bond acceptors (Lipinski definition) is 3. The topological polar surface area (TPSA) is 66.8 Å².